The van der Waals surface area contributed by atoms with E-state index in [1.807, 2.05) is 18.2 Å². The van der Waals surface area contributed by atoms with Gasteiger partial charge in [0.05, 0.1) is 11.4 Å². The summed E-state index contributed by atoms with van der Waals surface area (Å²) in [7, 11) is 0. The lowest BCUT2D eigenvalue weighted by Crippen LogP contribution is -2.21. The summed E-state index contributed by atoms with van der Waals surface area (Å²) in [5.41, 5.74) is 1.34. The first kappa shape index (κ1) is 15.9. The fourth-order valence-electron chi connectivity index (χ4n) is 2.04. The normalized spacial score (nSPS) is 13.0. The molecule has 5 nitrogen and oxygen atoms in total. The smallest absolute Gasteiger partial charge is 0.262 e. The second-order valence-electron chi connectivity index (χ2n) is 4.84. The van der Waals surface area contributed by atoms with E-state index in [1.54, 1.807) is 24.3 Å². The van der Waals surface area contributed by atoms with Gasteiger partial charge in [-0.05, 0) is 42.5 Å². The molecule has 0 saturated heterocycles. The van der Waals surface area contributed by atoms with Crippen molar-refractivity contribution in [2.75, 3.05) is 23.0 Å². The Morgan fingerprint density at radius 1 is 1.26 bits per heavy atom. The van der Waals surface area contributed by atoms with Crippen molar-refractivity contribution in [2.24, 2.45) is 0 Å². The number of amides is 2. The highest BCUT2D eigenvalue weighted by molar-refractivity contribution is 9.10. The predicted octanol–water partition coefficient (Wildman–Crippen LogP) is 3.51. The van der Waals surface area contributed by atoms with Gasteiger partial charge in [-0.1, -0.05) is 15.9 Å². The minimum Gasteiger partial charge on any atom is -0.484 e. The third-order valence-corrected chi connectivity index (χ3v) is 4.68. The molecule has 0 unspecified atom stereocenters. The lowest BCUT2D eigenvalue weighted by molar-refractivity contribution is -0.118. The van der Waals surface area contributed by atoms with E-state index in [0.717, 1.165) is 15.1 Å². The molecule has 1 aliphatic heterocycles. The largest absolute Gasteiger partial charge is 0.484 e. The van der Waals surface area contributed by atoms with Gasteiger partial charge in [0.2, 0.25) is 5.91 Å². The molecule has 2 aromatic rings. The highest BCUT2D eigenvalue weighted by atomic mass is 79.9. The third kappa shape index (κ3) is 4.27. The van der Waals surface area contributed by atoms with Crippen LogP contribution in [-0.4, -0.2) is 24.2 Å². The summed E-state index contributed by atoms with van der Waals surface area (Å²) in [4.78, 5) is 24.3. The third-order valence-electron chi connectivity index (χ3n) is 3.08. The molecular formula is C16H13BrN2O3S. The van der Waals surface area contributed by atoms with E-state index in [4.69, 9.17) is 4.74 Å². The zero-order chi connectivity index (χ0) is 16.2. The molecule has 0 fully saturated rings. The summed E-state index contributed by atoms with van der Waals surface area (Å²) in [5, 5.41) is 5.54. The molecule has 0 atom stereocenters. The fraction of sp³-hybridized carbons (Fsp3) is 0.125. The van der Waals surface area contributed by atoms with Crippen molar-refractivity contribution in [3.63, 3.8) is 0 Å². The van der Waals surface area contributed by atoms with Crippen LogP contribution in [-0.2, 0) is 9.59 Å². The van der Waals surface area contributed by atoms with Crippen LogP contribution in [0.15, 0.2) is 51.8 Å². The highest BCUT2D eigenvalue weighted by Crippen LogP contribution is 2.33. The molecular weight excluding hydrogens is 380 g/mol. The molecule has 7 heteroatoms. The first-order chi connectivity index (χ1) is 11.1. The average Bonchev–Trinajstić information content (AvgIpc) is 2.54. The van der Waals surface area contributed by atoms with Crippen molar-refractivity contribution < 1.29 is 14.3 Å². The Morgan fingerprint density at radius 3 is 2.83 bits per heavy atom. The van der Waals surface area contributed by atoms with Gasteiger partial charge < -0.3 is 15.4 Å². The van der Waals surface area contributed by atoms with E-state index in [-0.39, 0.29) is 18.4 Å². The molecule has 0 saturated carbocycles. The Kier molecular flexibility index (Phi) is 4.88. The summed E-state index contributed by atoms with van der Waals surface area (Å²) < 4.78 is 6.37. The van der Waals surface area contributed by atoms with Gasteiger partial charge in [-0.25, -0.2) is 0 Å². The number of carbonyl (C=O) groups excluding carboxylic acids is 2. The van der Waals surface area contributed by atoms with Crippen molar-refractivity contribution in [3.8, 4) is 5.75 Å². The number of hydrogen-bond donors (Lipinski definition) is 2. The molecule has 3 rings (SSSR count). The topological polar surface area (TPSA) is 67.4 Å². The van der Waals surface area contributed by atoms with Crippen LogP contribution < -0.4 is 15.4 Å². The molecule has 2 amide bonds. The van der Waals surface area contributed by atoms with E-state index in [1.165, 1.54) is 11.8 Å². The molecule has 0 bridgehead atoms. The minimum atomic E-state index is -0.261. The number of benzene rings is 2. The van der Waals surface area contributed by atoms with Gasteiger partial charge in [0.1, 0.15) is 5.75 Å². The number of ether oxygens (including phenoxy) is 1. The van der Waals surface area contributed by atoms with Gasteiger partial charge >= 0.3 is 0 Å². The van der Waals surface area contributed by atoms with Gasteiger partial charge in [0, 0.05) is 15.1 Å². The Balaban J connectivity index is 1.58. The molecule has 2 N–H and O–H groups in total. The number of halogens is 1. The molecule has 23 heavy (non-hydrogen) atoms. The Bertz CT molecular complexity index is 749. The fourth-order valence-corrected chi connectivity index (χ4v) is 3.09. The standard InChI is InChI=1S/C16H13BrN2O3S/c17-10-1-4-12(5-2-10)22-8-15(20)18-11-3-6-14-13(7-11)19-16(21)9-23-14/h1-7H,8-9H2,(H,18,20)(H,19,21). The number of carbonyl (C=O) groups is 2. The summed E-state index contributed by atoms with van der Waals surface area (Å²) in [6.45, 7) is -0.0835. The van der Waals surface area contributed by atoms with Gasteiger partial charge in [-0.2, -0.15) is 0 Å². The van der Waals surface area contributed by atoms with Crippen molar-refractivity contribution in [1.29, 1.82) is 0 Å². The van der Waals surface area contributed by atoms with Crippen LogP contribution in [0, 0.1) is 0 Å². The van der Waals surface area contributed by atoms with Gasteiger partial charge in [-0.15, -0.1) is 11.8 Å². The van der Waals surface area contributed by atoms with E-state index < -0.39 is 0 Å². The minimum absolute atomic E-state index is 0.0375. The predicted molar refractivity (Wildman–Crippen MR) is 94.1 cm³/mol. The van der Waals surface area contributed by atoms with E-state index in [0.29, 0.717) is 17.2 Å². The van der Waals surface area contributed by atoms with Crippen LogP contribution in [0.1, 0.15) is 0 Å². The van der Waals surface area contributed by atoms with Crippen LogP contribution >= 0.6 is 27.7 Å². The maximum Gasteiger partial charge on any atom is 0.262 e. The number of anilines is 2. The lowest BCUT2D eigenvalue weighted by Gasteiger charge is -2.17. The van der Waals surface area contributed by atoms with Crippen molar-refractivity contribution >= 4 is 50.9 Å². The molecule has 1 aliphatic rings. The van der Waals surface area contributed by atoms with Crippen LogP contribution in [0.3, 0.4) is 0 Å². The average molecular weight is 393 g/mol. The molecule has 2 aromatic carbocycles. The van der Waals surface area contributed by atoms with E-state index in [9.17, 15) is 9.59 Å². The van der Waals surface area contributed by atoms with Gasteiger partial charge in [0.15, 0.2) is 6.61 Å². The Labute approximate surface area is 145 Å². The summed E-state index contributed by atoms with van der Waals surface area (Å²) in [6, 6.07) is 12.7. The molecule has 0 aromatic heterocycles. The van der Waals surface area contributed by atoms with Crippen molar-refractivity contribution in [3.05, 3.63) is 46.9 Å². The maximum absolute atomic E-state index is 11.9. The Hall–Kier alpha value is -1.99. The zero-order valence-corrected chi connectivity index (χ0v) is 14.4. The molecule has 0 aliphatic carbocycles. The van der Waals surface area contributed by atoms with Crippen molar-refractivity contribution in [2.45, 2.75) is 4.90 Å². The number of thioether (sulfide) groups is 1. The number of nitrogens with one attached hydrogen (secondary N) is 2. The maximum atomic E-state index is 11.9. The first-order valence-electron chi connectivity index (χ1n) is 6.85. The van der Waals surface area contributed by atoms with E-state index >= 15 is 0 Å². The van der Waals surface area contributed by atoms with E-state index in [2.05, 4.69) is 26.6 Å². The second-order valence-corrected chi connectivity index (χ2v) is 6.77. The number of fused-ring (bicyclic) bond motifs is 1. The van der Waals surface area contributed by atoms with Gasteiger partial charge in [-0.3, -0.25) is 9.59 Å². The number of rotatable bonds is 4. The highest BCUT2D eigenvalue weighted by Gasteiger charge is 2.16. The number of hydrogen-bond acceptors (Lipinski definition) is 4. The lowest BCUT2D eigenvalue weighted by atomic mass is 10.2. The Morgan fingerprint density at radius 2 is 2.04 bits per heavy atom. The molecule has 1 heterocycles. The summed E-state index contributed by atoms with van der Waals surface area (Å²) >= 11 is 4.82. The monoisotopic (exact) mass is 392 g/mol. The quantitative estimate of drug-likeness (QED) is 0.835. The molecule has 0 spiro atoms. The molecule has 118 valence electrons. The summed E-state index contributed by atoms with van der Waals surface area (Å²) in [5.74, 6) is 0.740. The second kappa shape index (κ2) is 7.06. The zero-order valence-electron chi connectivity index (χ0n) is 12.0. The van der Waals surface area contributed by atoms with Crippen LogP contribution in [0.25, 0.3) is 0 Å². The van der Waals surface area contributed by atoms with Crippen LogP contribution in [0.2, 0.25) is 0 Å². The van der Waals surface area contributed by atoms with Crippen molar-refractivity contribution in [1.82, 2.24) is 0 Å². The molecule has 0 radical (unpaired) electrons. The summed E-state index contributed by atoms with van der Waals surface area (Å²) in [6.07, 6.45) is 0. The first-order valence-corrected chi connectivity index (χ1v) is 8.63. The van der Waals surface area contributed by atoms with Crippen LogP contribution in [0.5, 0.6) is 5.75 Å². The van der Waals surface area contributed by atoms with Gasteiger partial charge in [0.25, 0.3) is 5.91 Å². The SMILES string of the molecule is O=C(COc1ccc(Br)cc1)Nc1ccc2c(c1)NC(=O)CS2. The van der Waals surface area contributed by atoms with Crippen LogP contribution in [0.4, 0.5) is 11.4 Å².